The average molecular weight is 471 g/mol. The molecule has 0 radical (unpaired) electrons. The molecule has 32 heavy (non-hydrogen) atoms. The predicted molar refractivity (Wildman–Crippen MR) is 122 cm³/mol. The molecular formula is C25H35NaO5S. The van der Waals surface area contributed by atoms with Gasteiger partial charge < -0.3 is 9.84 Å². The molecule has 7 heteroatoms. The van der Waals surface area contributed by atoms with E-state index in [1.165, 1.54) is 70.3 Å². The molecule has 2 aromatic rings. The third kappa shape index (κ3) is 11.2. The fourth-order valence-electron chi connectivity index (χ4n) is 3.65. The maximum absolute atomic E-state index is 11.6. The van der Waals surface area contributed by atoms with Crippen molar-refractivity contribution in [3.8, 4) is 17.2 Å². The van der Waals surface area contributed by atoms with Crippen molar-refractivity contribution in [2.45, 2.75) is 88.9 Å². The summed E-state index contributed by atoms with van der Waals surface area (Å²) in [6.07, 6.45) is 15.4. The van der Waals surface area contributed by atoms with E-state index in [-0.39, 0.29) is 35.3 Å². The third-order valence-electron chi connectivity index (χ3n) is 5.40. The summed E-state index contributed by atoms with van der Waals surface area (Å²) in [6.45, 7) is 2.25. The van der Waals surface area contributed by atoms with E-state index in [4.69, 9.17) is 9.29 Å². The molecule has 0 unspecified atom stereocenters. The first-order chi connectivity index (χ1) is 14.9. The molecule has 2 aromatic carbocycles. The van der Waals surface area contributed by atoms with Gasteiger partial charge in [-0.2, -0.15) is 8.42 Å². The standard InChI is InChI=1S/C25H36O5S.Na/c1-2-3-4-5-6-7-8-9-10-11-12-14-21-15-13-16-22(19-21)30-23-17-18-24(26)25(20-23)31(27,28)29;/h13,15-20,26H,2-12,14H2,1H3,(H,27,28,29);/q;+1/p-1. The van der Waals surface area contributed by atoms with Gasteiger partial charge in [-0.15, -0.1) is 0 Å². The van der Waals surface area contributed by atoms with Crippen molar-refractivity contribution in [2.75, 3.05) is 0 Å². The second-order valence-electron chi connectivity index (χ2n) is 8.12. The Kier molecular flexibility index (Phi) is 14.2. The molecule has 0 aliphatic rings. The van der Waals surface area contributed by atoms with Crippen molar-refractivity contribution in [3.05, 3.63) is 48.0 Å². The summed E-state index contributed by atoms with van der Waals surface area (Å²) in [5, 5.41) is 11.6. The van der Waals surface area contributed by atoms with Crippen LogP contribution in [0.4, 0.5) is 0 Å². The number of aryl methyl sites for hydroxylation is 1. The van der Waals surface area contributed by atoms with Gasteiger partial charge in [-0.1, -0.05) is 95.1 Å². The van der Waals surface area contributed by atoms with Gasteiger partial charge >= 0.3 is 29.6 Å². The minimum absolute atomic E-state index is 0. The van der Waals surface area contributed by atoms with Gasteiger partial charge in [-0.25, -0.2) is 0 Å². The molecule has 0 amide bonds. The van der Waals surface area contributed by atoms with Crippen molar-refractivity contribution in [3.63, 3.8) is 0 Å². The summed E-state index contributed by atoms with van der Waals surface area (Å²) in [4.78, 5) is -0.679. The molecular weight excluding hydrogens is 435 g/mol. The quantitative estimate of drug-likeness (QED) is 0.244. The molecule has 0 fully saturated rings. The molecule has 0 atom stereocenters. The van der Waals surface area contributed by atoms with Gasteiger partial charge in [0.1, 0.15) is 11.5 Å². The topological polar surface area (TPSA) is 86.7 Å². The summed E-state index contributed by atoms with van der Waals surface area (Å²) >= 11 is 0. The van der Waals surface area contributed by atoms with Crippen molar-refractivity contribution in [2.24, 2.45) is 0 Å². The number of hydrogen-bond donors (Lipinski definition) is 1. The summed E-state index contributed by atoms with van der Waals surface area (Å²) in [7, 11) is -4.58. The van der Waals surface area contributed by atoms with Crippen molar-refractivity contribution in [1.29, 1.82) is 0 Å². The van der Waals surface area contributed by atoms with Crippen molar-refractivity contribution in [1.82, 2.24) is 0 Å². The van der Waals surface area contributed by atoms with Crippen LogP contribution in [0.5, 0.6) is 17.2 Å². The summed E-state index contributed by atoms with van der Waals surface area (Å²) in [5.41, 5.74) is 1.16. The SMILES string of the molecule is CCCCCCCCCCCCCc1cccc(Oc2ccc([O-])c(S(=O)(=O)O)c2)c1.[Na+]. The van der Waals surface area contributed by atoms with Crippen molar-refractivity contribution < 1.29 is 52.4 Å². The molecule has 1 N–H and O–H groups in total. The van der Waals surface area contributed by atoms with E-state index in [0.29, 0.717) is 5.75 Å². The van der Waals surface area contributed by atoms with Crippen LogP contribution < -0.4 is 39.4 Å². The fraction of sp³-hybridized carbons (Fsp3) is 0.520. The van der Waals surface area contributed by atoms with Crippen LogP contribution in [0.2, 0.25) is 0 Å². The molecule has 0 heterocycles. The Morgan fingerprint density at radius 1 is 0.812 bits per heavy atom. The molecule has 0 aliphatic heterocycles. The van der Waals surface area contributed by atoms with Crippen LogP contribution in [-0.4, -0.2) is 13.0 Å². The van der Waals surface area contributed by atoms with E-state index in [0.717, 1.165) is 30.5 Å². The van der Waals surface area contributed by atoms with Crippen LogP contribution in [-0.2, 0) is 16.5 Å². The van der Waals surface area contributed by atoms with Gasteiger partial charge in [0.15, 0.2) is 0 Å². The third-order valence-corrected chi connectivity index (χ3v) is 6.27. The smallest absolute Gasteiger partial charge is 0.872 e. The molecule has 0 saturated carbocycles. The second-order valence-corrected chi connectivity index (χ2v) is 9.51. The number of ether oxygens (including phenoxy) is 1. The molecule has 5 nitrogen and oxygen atoms in total. The first kappa shape index (κ1) is 29.0. The maximum Gasteiger partial charge on any atom is 1.00 e. The van der Waals surface area contributed by atoms with Crippen LogP contribution in [0.3, 0.4) is 0 Å². The summed E-state index contributed by atoms with van der Waals surface area (Å²) in [5.74, 6) is -0.000303. The van der Waals surface area contributed by atoms with Crippen molar-refractivity contribution >= 4 is 10.1 Å². The Bertz CT molecular complexity index is 899. The number of unbranched alkanes of at least 4 members (excludes halogenated alkanes) is 10. The van der Waals surface area contributed by atoms with Gasteiger partial charge in [0.05, 0.1) is 4.90 Å². The van der Waals surface area contributed by atoms with Gasteiger partial charge in [0.25, 0.3) is 10.1 Å². The largest absolute Gasteiger partial charge is 1.00 e. The molecule has 0 aliphatic carbocycles. The summed E-state index contributed by atoms with van der Waals surface area (Å²) in [6, 6.07) is 11.2. The van der Waals surface area contributed by atoms with Gasteiger partial charge in [-0.05, 0) is 36.6 Å². The zero-order valence-electron chi connectivity index (χ0n) is 19.5. The van der Waals surface area contributed by atoms with Crippen LogP contribution in [0.15, 0.2) is 47.4 Å². The molecule has 2 rings (SSSR count). The Morgan fingerprint density at radius 3 is 1.97 bits per heavy atom. The van der Waals surface area contributed by atoms with Gasteiger partial charge in [0, 0.05) is 6.07 Å². The van der Waals surface area contributed by atoms with E-state index in [9.17, 15) is 13.5 Å². The number of hydrogen-bond acceptors (Lipinski definition) is 4. The Labute approximate surface area is 215 Å². The van der Waals surface area contributed by atoms with Gasteiger partial charge in [0.2, 0.25) is 0 Å². The Hall–Kier alpha value is -1.05. The van der Waals surface area contributed by atoms with E-state index in [1.807, 2.05) is 18.2 Å². The summed E-state index contributed by atoms with van der Waals surface area (Å²) < 4.78 is 37.4. The predicted octanol–water partition coefficient (Wildman–Crippen LogP) is 3.66. The van der Waals surface area contributed by atoms with Crippen LogP contribution >= 0.6 is 0 Å². The molecule has 0 saturated heterocycles. The number of rotatable bonds is 15. The molecule has 0 bridgehead atoms. The van der Waals surface area contributed by atoms with Crippen LogP contribution in [0.1, 0.15) is 83.1 Å². The minimum atomic E-state index is -4.58. The zero-order valence-corrected chi connectivity index (χ0v) is 22.3. The zero-order chi connectivity index (χ0) is 22.5. The fourth-order valence-corrected chi connectivity index (χ4v) is 4.23. The molecule has 0 spiro atoms. The van der Waals surface area contributed by atoms with E-state index >= 15 is 0 Å². The normalized spacial score (nSPS) is 11.2. The van der Waals surface area contributed by atoms with Crippen LogP contribution in [0.25, 0.3) is 0 Å². The number of benzene rings is 2. The van der Waals surface area contributed by atoms with Gasteiger partial charge in [-0.3, -0.25) is 4.55 Å². The second kappa shape index (κ2) is 15.7. The minimum Gasteiger partial charge on any atom is -0.872 e. The first-order valence-corrected chi connectivity index (χ1v) is 12.9. The first-order valence-electron chi connectivity index (χ1n) is 11.5. The average Bonchev–Trinajstić information content (AvgIpc) is 2.73. The maximum atomic E-state index is 11.6. The Morgan fingerprint density at radius 2 is 1.38 bits per heavy atom. The molecule has 0 aromatic heterocycles. The van der Waals surface area contributed by atoms with Crippen LogP contribution in [0, 0.1) is 0 Å². The Balaban J connectivity index is 0.00000512. The van der Waals surface area contributed by atoms with E-state index < -0.39 is 20.8 Å². The molecule has 172 valence electrons. The monoisotopic (exact) mass is 470 g/mol. The van der Waals surface area contributed by atoms with E-state index in [2.05, 4.69) is 6.92 Å². The van der Waals surface area contributed by atoms with E-state index in [1.54, 1.807) is 6.07 Å².